The van der Waals surface area contributed by atoms with Crippen LogP contribution in [0.3, 0.4) is 0 Å². The molecule has 2 aromatic carbocycles. The number of sulfonamides is 1. The van der Waals surface area contributed by atoms with Gasteiger partial charge in [-0.1, -0.05) is 62.4 Å². The summed E-state index contributed by atoms with van der Waals surface area (Å²) >= 11 is 0. The fourth-order valence-corrected chi connectivity index (χ4v) is 6.12. The molecule has 4 rings (SSSR count). The van der Waals surface area contributed by atoms with E-state index in [1.54, 1.807) is 48.9 Å². The molecule has 1 aliphatic carbocycles. The van der Waals surface area contributed by atoms with Gasteiger partial charge in [0.05, 0.1) is 10.5 Å². The number of amides is 1. The molecule has 0 bridgehead atoms. The lowest BCUT2D eigenvalue weighted by Crippen LogP contribution is -2.66. The quantitative estimate of drug-likeness (QED) is 0.642. The van der Waals surface area contributed by atoms with Gasteiger partial charge in [-0.05, 0) is 36.0 Å². The maximum absolute atomic E-state index is 14.8. The number of nitrogens with one attached hydrogen (secondary N) is 1. The van der Waals surface area contributed by atoms with Crippen LogP contribution in [-0.2, 0) is 26.0 Å². The first kappa shape index (κ1) is 25.1. The van der Waals surface area contributed by atoms with Crippen LogP contribution < -0.4 is 4.72 Å². The van der Waals surface area contributed by atoms with Gasteiger partial charge in [-0.25, -0.2) is 8.42 Å². The summed E-state index contributed by atoms with van der Waals surface area (Å²) in [5.41, 5.74) is -4.48. The van der Waals surface area contributed by atoms with Crippen molar-refractivity contribution in [3.8, 4) is 0 Å². The van der Waals surface area contributed by atoms with Crippen LogP contribution in [-0.4, -0.2) is 43.3 Å². The van der Waals surface area contributed by atoms with E-state index in [1.165, 1.54) is 18.2 Å². The molecule has 0 saturated heterocycles. The molecule has 1 amide bonds. The fraction of sp³-hybridized carbons (Fsp3) is 0.360. The molecule has 6 nitrogen and oxygen atoms in total. The van der Waals surface area contributed by atoms with Crippen LogP contribution in [0.5, 0.6) is 0 Å². The topological polar surface area (TPSA) is 83.6 Å². The summed E-state index contributed by atoms with van der Waals surface area (Å²) in [6, 6.07) is 15.4. The Kier molecular flexibility index (Phi) is 6.17. The van der Waals surface area contributed by atoms with Crippen molar-refractivity contribution in [1.29, 1.82) is 0 Å². The zero-order chi connectivity index (χ0) is 25.6. The Bertz CT molecular complexity index is 1290. The molecule has 0 saturated carbocycles. The number of hydrogen-bond donors (Lipinski definition) is 1. The second-order valence-corrected chi connectivity index (χ2v) is 11.3. The predicted molar refractivity (Wildman–Crippen MR) is 122 cm³/mol. The molecule has 186 valence electrons. The summed E-state index contributed by atoms with van der Waals surface area (Å²) in [6.07, 6.45) is -5.38. The zero-order valence-corrected chi connectivity index (χ0v) is 20.0. The highest BCUT2D eigenvalue weighted by molar-refractivity contribution is 7.89. The van der Waals surface area contributed by atoms with E-state index in [4.69, 9.17) is 0 Å². The first-order valence-electron chi connectivity index (χ1n) is 11.1. The molecule has 1 aliphatic heterocycles. The van der Waals surface area contributed by atoms with Gasteiger partial charge in [0.25, 0.3) is 5.91 Å². The lowest BCUT2D eigenvalue weighted by atomic mass is 9.72. The number of alkyl halides is 3. The van der Waals surface area contributed by atoms with Gasteiger partial charge in [-0.15, -0.1) is 0 Å². The first-order chi connectivity index (χ1) is 16.3. The summed E-state index contributed by atoms with van der Waals surface area (Å²) in [6.45, 7) is 3.34. The molecule has 1 N–H and O–H groups in total. The average Bonchev–Trinajstić information content (AvgIpc) is 3.00. The average molecular weight is 507 g/mol. The van der Waals surface area contributed by atoms with E-state index in [9.17, 15) is 31.2 Å². The molecule has 10 heteroatoms. The Morgan fingerprint density at radius 3 is 2.09 bits per heavy atom. The summed E-state index contributed by atoms with van der Waals surface area (Å²) in [5, 5.41) is 0. The van der Waals surface area contributed by atoms with Crippen LogP contribution in [0.1, 0.15) is 32.3 Å². The molecule has 0 spiro atoms. The van der Waals surface area contributed by atoms with Gasteiger partial charge in [0.15, 0.2) is 5.78 Å². The minimum atomic E-state index is -5.40. The highest BCUT2D eigenvalue weighted by Crippen LogP contribution is 2.52. The third-order valence-corrected chi connectivity index (χ3v) is 7.82. The molecular formula is C25H25F3N2O4S. The minimum Gasteiger partial charge on any atom is -0.313 e. The van der Waals surface area contributed by atoms with E-state index in [-0.39, 0.29) is 31.5 Å². The highest BCUT2D eigenvalue weighted by Gasteiger charge is 2.72. The lowest BCUT2D eigenvalue weighted by Gasteiger charge is -2.35. The second kappa shape index (κ2) is 8.60. The summed E-state index contributed by atoms with van der Waals surface area (Å²) < 4.78 is 72.2. The van der Waals surface area contributed by atoms with E-state index >= 15 is 0 Å². The Balaban J connectivity index is 1.86. The van der Waals surface area contributed by atoms with Gasteiger partial charge in [0, 0.05) is 18.7 Å². The van der Waals surface area contributed by atoms with E-state index in [0.717, 1.165) is 22.6 Å². The number of rotatable bonds is 6. The third kappa shape index (κ3) is 4.40. The number of Topliss-reactive ketones (excluding diaryl/α,β-unsaturated/α-hetero) is 1. The van der Waals surface area contributed by atoms with Crippen LogP contribution in [0.15, 0.2) is 76.8 Å². The summed E-state index contributed by atoms with van der Waals surface area (Å²) in [7, 11) is -4.82. The maximum atomic E-state index is 14.8. The summed E-state index contributed by atoms with van der Waals surface area (Å²) in [5.74, 6) is -2.39. The minimum absolute atomic E-state index is 0.0273. The van der Waals surface area contributed by atoms with Crippen molar-refractivity contribution in [2.75, 3.05) is 6.54 Å². The number of hydrogen-bond acceptors (Lipinski definition) is 4. The van der Waals surface area contributed by atoms with E-state index < -0.39 is 49.3 Å². The number of halogens is 3. The first-order valence-corrected chi connectivity index (χ1v) is 12.6. The van der Waals surface area contributed by atoms with Gasteiger partial charge in [0.1, 0.15) is 0 Å². The van der Waals surface area contributed by atoms with Gasteiger partial charge in [0.2, 0.25) is 15.6 Å². The number of benzene rings is 2. The molecule has 2 aromatic rings. The van der Waals surface area contributed by atoms with Gasteiger partial charge in [-0.3, -0.25) is 9.59 Å². The van der Waals surface area contributed by atoms with E-state index in [1.807, 2.05) is 0 Å². The predicted octanol–water partition coefficient (Wildman–Crippen LogP) is 3.99. The molecule has 1 atom stereocenters. The van der Waals surface area contributed by atoms with Crippen molar-refractivity contribution in [2.45, 2.75) is 49.7 Å². The van der Waals surface area contributed by atoms with Crippen LogP contribution >= 0.6 is 0 Å². The van der Waals surface area contributed by atoms with Crippen molar-refractivity contribution in [3.63, 3.8) is 0 Å². The van der Waals surface area contributed by atoms with Gasteiger partial charge < -0.3 is 4.90 Å². The van der Waals surface area contributed by atoms with Crippen molar-refractivity contribution >= 4 is 21.7 Å². The normalized spacial score (nSPS) is 22.5. The summed E-state index contributed by atoms with van der Waals surface area (Å²) in [4.78, 5) is 27.3. The van der Waals surface area contributed by atoms with Crippen molar-refractivity contribution in [1.82, 2.24) is 9.62 Å². The number of ketones is 1. The Labute approximate surface area is 201 Å². The molecular weight excluding hydrogens is 481 g/mol. The second-order valence-electron chi connectivity index (χ2n) is 9.62. The van der Waals surface area contributed by atoms with Crippen molar-refractivity contribution in [3.05, 3.63) is 77.5 Å². The smallest absolute Gasteiger partial charge is 0.313 e. The molecule has 0 fully saturated rings. The van der Waals surface area contributed by atoms with Crippen molar-refractivity contribution < 1.29 is 31.2 Å². The third-order valence-electron chi connectivity index (χ3n) is 6.35. The van der Waals surface area contributed by atoms with E-state index in [0.29, 0.717) is 0 Å². The molecule has 0 aromatic heterocycles. The SMILES string of the molecule is CC1(C)CC(=O)C2=C(C1)N(CCc1ccccc1)C(=O)[C@]2(NS(=O)(=O)c1ccccc1)C(F)(F)F. The number of carbonyl (C=O) groups is 2. The number of carbonyl (C=O) groups excluding carboxylic acids is 2. The monoisotopic (exact) mass is 506 g/mol. The fourth-order valence-electron chi connectivity index (χ4n) is 4.77. The Morgan fingerprint density at radius 1 is 0.943 bits per heavy atom. The maximum Gasteiger partial charge on any atom is 0.421 e. The molecule has 1 heterocycles. The Morgan fingerprint density at radius 2 is 1.51 bits per heavy atom. The zero-order valence-electron chi connectivity index (χ0n) is 19.2. The van der Waals surface area contributed by atoms with Crippen LogP contribution in [0.2, 0.25) is 0 Å². The van der Waals surface area contributed by atoms with Crippen LogP contribution in [0, 0.1) is 5.41 Å². The lowest BCUT2D eigenvalue weighted by molar-refractivity contribution is -0.188. The van der Waals surface area contributed by atoms with E-state index in [2.05, 4.69) is 0 Å². The molecule has 0 radical (unpaired) electrons. The number of nitrogens with zero attached hydrogens (tertiary/aromatic N) is 1. The van der Waals surface area contributed by atoms with Crippen LogP contribution in [0.4, 0.5) is 13.2 Å². The van der Waals surface area contributed by atoms with Gasteiger partial charge >= 0.3 is 6.18 Å². The van der Waals surface area contributed by atoms with Gasteiger partial charge in [-0.2, -0.15) is 17.9 Å². The van der Waals surface area contributed by atoms with Crippen molar-refractivity contribution in [2.24, 2.45) is 5.41 Å². The Hall–Kier alpha value is -2.98. The largest absolute Gasteiger partial charge is 0.421 e. The standard InChI is InChI=1S/C25H25F3N2O4S/c1-23(2)15-19-21(20(31)16-23)24(25(26,27)28,29-35(33,34)18-11-7-4-8-12-18)22(32)30(19)14-13-17-9-5-3-6-10-17/h3-12,29H,13-16H2,1-2H3/t24-/m0/s1. The highest BCUT2D eigenvalue weighted by atomic mass is 32.2. The molecule has 0 unspecified atom stereocenters. The number of allylic oxidation sites excluding steroid dienone is 1. The molecule has 2 aliphatic rings. The molecule has 35 heavy (non-hydrogen) atoms. The van der Waals surface area contributed by atoms with Crippen LogP contribution in [0.25, 0.3) is 0 Å².